The lowest BCUT2D eigenvalue weighted by Gasteiger charge is -2.22. The van der Waals surface area contributed by atoms with E-state index in [0.717, 1.165) is 16.5 Å². The SMILES string of the molecule is CC(C)CC(N)C(=O)NC(C)C(=O)NC(C)C(=O)NC(Cc1c[nH]c2ccccc12)C(=O)O. The number of nitrogens with one attached hydrogen (secondary N) is 4. The van der Waals surface area contributed by atoms with Gasteiger partial charge < -0.3 is 31.8 Å². The number of carbonyl (C=O) groups is 4. The molecule has 10 nitrogen and oxygen atoms in total. The van der Waals surface area contributed by atoms with E-state index in [4.69, 9.17) is 5.73 Å². The van der Waals surface area contributed by atoms with Gasteiger partial charge in [0.25, 0.3) is 0 Å². The lowest BCUT2D eigenvalue weighted by atomic mass is 10.0. The molecule has 0 aliphatic heterocycles. The summed E-state index contributed by atoms with van der Waals surface area (Å²) in [6, 6.07) is 3.63. The molecule has 0 radical (unpaired) electrons. The van der Waals surface area contributed by atoms with Crippen LogP contribution in [0.1, 0.15) is 39.7 Å². The van der Waals surface area contributed by atoms with Crippen molar-refractivity contribution < 1.29 is 24.3 Å². The van der Waals surface area contributed by atoms with Crippen molar-refractivity contribution in [3.05, 3.63) is 36.0 Å². The molecule has 0 spiro atoms. The van der Waals surface area contributed by atoms with Gasteiger partial charge >= 0.3 is 5.97 Å². The Balaban J connectivity index is 1.93. The number of fused-ring (bicyclic) bond motifs is 1. The largest absolute Gasteiger partial charge is 0.480 e. The Morgan fingerprint density at radius 1 is 0.939 bits per heavy atom. The minimum Gasteiger partial charge on any atom is -0.480 e. The van der Waals surface area contributed by atoms with E-state index in [0.29, 0.717) is 6.42 Å². The predicted octanol–water partition coefficient (Wildman–Crippen LogP) is 0.663. The first-order valence-corrected chi connectivity index (χ1v) is 10.9. The van der Waals surface area contributed by atoms with Crippen molar-refractivity contribution in [3.63, 3.8) is 0 Å². The molecule has 0 aliphatic carbocycles. The van der Waals surface area contributed by atoms with Crippen LogP contribution in [0, 0.1) is 5.92 Å². The molecule has 180 valence electrons. The average molecular weight is 460 g/mol. The van der Waals surface area contributed by atoms with Crippen molar-refractivity contribution in [2.75, 3.05) is 0 Å². The average Bonchev–Trinajstić information content (AvgIpc) is 3.15. The summed E-state index contributed by atoms with van der Waals surface area (Å²) in [6.45, 7) is 6.80. The maximum atomic E-state index is 12.6. The highest BCUT2D eigenvalue weighted by molar-refractivity contribution is 5.94. The molecular weight excluding hydrogens is 426 g/mol. The summed E-state index contributed by atoms with van der Waals surface area (Å²) < 4.78 is 0. The van der Waals surface area contributed by atoms with Crippen LogP contribution in [0.2, 0.25) is 0 Å². The molecule has 1 heterocycles. The van der Waals surface area contributed by atoms with Gasteiger partial charge in [0, 0.05) is 23.5 Å². The number of para-hydroxylation sites is 1. The normalized spacial score (nSPS) is 14.8. The van der Waals surface area contributed by atoms with Crippen LogP contribution in [0.3, 0.4) is 0 Å². The number of amides is 3. The van der Waals surface area contributed by atoms with Gasteiger partial charge in [0.1, 0.15) is 18.1 Å². The number of aromatic nitrogens is 1. The maximum Gasteiger partial charge on any atom is 0.326 e. The highest BCUT2D eigenvalue weighted by atomic mass is 16.4. The van der Waals surface area contributed by atoms with E-state index >= 15 is 0 Å². The summed E-state index contributed by atoms with van der Waals surface area (Å²) >= 11 is 0. The van der Waals surface area contributed by atoms with E-state index < -0.39 is 47.9 Å². The molecule has 0 bridgehead atoms. The highest BCUT2D eigenvalue weighted by Gasteiger charge is 2.27. The zero-order valence-electron chi connectivity index (χ0n) is 19.3. The van der Waals surface area contributed by atoms with Crippen LogP contribution >= 0.6 is 0 Å². The number of rotatable bonds is 11. The number of nitrogens with two attached hydrogens (primary N) is 1. The predicted molar refractivity (Wildman–Crippen MR) is 124 cm³/mol. The number of hydrogen-bond acceptors (Lipinski definition) is 5. The quantitative estimate of drug-likeness (QED) is 0.289. The van der Waals surface area contributed by atoms with Crippen LogP contribution in [0.15, 0.2) is 30.5 Å². The summed E-state index contributed by atoms with van der Waals surface area (Å²) in [4.78, 5) is 51.9. The van der Waals surface area contributed by atoms with Crippen LogP contribution in [-0.4, -0.2) is 57.9 Å². The first kappa shape index (κ1) is 25.9. The molecule has 2 rings (SSSR count). The Bertz CT molecular complexity index is 1000. The zero-order valence-corrected chi connectivity index (χ0v) is 19.3. The summed E-state index contributed by atoms with van der Waals surface area (Å²) in [5.41, 5.74) is 7.45. The maximum absolute atomic E-state index is 12.6. The van der Waals surface area contributed by atoms with Gasteiger partial charge in [-0.25, -0.2) is 4.79 Å². The Morgan fingerprint density at radius 2 is 1.52 bits per heavy atom. The molecule has 0 aliphatic rings. The number of carboxylic acids is 1. The monoisotopic (exact) mass is 459 g/mol. The number of H-pyrrole nitrogens is 1. The fourth-order valence-electron chi connectivity index (χ4n) is 3.42. The van der Waals surface area contributed by atoms with E-state index in [1.165, 1.54) is 13.8 Å². The third-order valence-corrected chi connectivity index (χ3v) is 5.28. The Kier molecular flexibility index (Phi) is 8.98. The van der Waals surface area contributed by atoms with Crippen molar-refractivity contribution >= 4 is 34.6 Å². The van der Waals surface area contributed by atoms with Crippen LogP contribution in [-0.2, 0) is 25.6 Å². The van der Waals surface area contributed by atoms with Gasteiger partial charge in [-0.2, -0.15) is 0 Å². The molecular formula is C23H33N5O5. The summed E-state index contributed by atoms with van der Waals surface area (Å²) in [7, 11) is 0. The van der Waals surface area contributed by atoms with Crippen LogP contribution in [0.25, 0.3) is 10.9 Å². The van der Waals surface area contributed by atoms with Crippen LogP contribution in [0.4, 0.5) is 0 Å². The van der Waals surface area contributed by atoms with E-state index in [1.807, 2.05) is 38.1 Å². The summed E-state index contributed by atoms with van der Waals surface area (Å²) in [6.07, 6.45) is 2.27. The van der Waals surface area contributed by atoms with Gasteiger partial charge in [0.15, 0.2) is 0 Å². The molecule has 33 heavy (non-hydrogen) atoms. The Morgan fingerprint density at radius 3 is 2.12 bits per heavy atom. The van der Waals surface area contributed by atoms with Gasteiger partial charge in [-0.1, -0.05) is 32.0 Å². The molecule has 0 fully saturated rings. The molecule has 1 aromatic heterocycles. The zero-order chi connectivity index (χ0) is 24.7. The van der Waals surface area contributed by atoms with Crippen molar-refractivity contribution in [3.8, 4) is 0 Å². The molecule has 0 saturated carbocycles. The fourth-order valence-corrected chi connectivity index (χ4v) is 3.42. The third-order valence-electron chi connectivity index (χ3n) is 5.28. The summed E-state index contributed by atoms with van der Waals surface area (Å²) in [5, 5.41) is 18.0. The van der Waals surface area contributed by atoms with E-state index in [1.54, 1.807) is 6.20 Å². The molecule has 1 aromatic carbocycles. The number of carbonyl (C=O) groups excluding carboxylic acids is 3. The molecule has 3 amide bonds. The van der Waals surface area contributed by atoms with Crippen LogP contribution < -0.4 is 21.7 Å². The number of aromatic amines is 1. The second-order valence-electron chi connectivity index (χ2n) is 8.66. The number of benzene rings is 1. The van der Waals surface area contributed by atoms with Gasteiger partial charge in [-0.15, -0.1) is 0 Å². The van der Waals surface area contributed by atoms with Crippen LogP contribution in [0.5, 0.6) is 0 Å². The van der Waals surface area contributed by atoms with Crippen molar-refractivity contribution in [1.29, 1.82) is 0 Å². The summed E-state index contributed by atoms with van der Waals surface area (Å²) in [5.74, 6) is -2.64. The van der Waals surface area contributed by atoms with Gasteiger partial charge in [0.05, 0.1) is 6.04 Å². The smallest absolute Gasteiger partial charge is 0.326 e. The first-order chi connectivity index (χ1) is 15.5. The van der Waals surface area contributed by atoms with Crippen molar-refractivity contribution in [1.82, 2.24) is 20.9 Å². The molecule has 4 unspecified atom stereocenters. The number of aliphatic carboxylic acids is 1. The molecule has 4 atom stereocenters. The second-order valence-corrected chi connectivity index (χ2v) is 8.66. The lowest BCUT2D eigenvalue weighted by Crippen LogP contribution is -2.55. The van der Waals surface area contributed by atoms with E-state index in [-0.39, 0.29) is 12.3 Å². The highest BCUT2D eigenvalue weighted by Crippen LogP contribution is 2.19. The Hall–Kier alpha value is -3.40. The fraction of sp³-hybridized carbons (Fsp3) is 0.478. The second kappa shape index (κ2) is 11.5. The molecule has 0 saturated heterocycles. The van der Waals surface area contributed by atoms with Gasteiger partial charge in [-0.3, -0.25) is 14.4 Å². The lowest BCUT2D eigenvalue weighted by molar-refractivity contribution is -0.142. The Labute approximate surface area is 192 Å². The van der Waals surface area contributed by atoms with Gasteiger partial charge in [-0.05, 0) is 37.8 Å². The minimum atomic E-state index is -1.19. The molecule has 7 N–H and O–H groups in total. The third kappa shape index (κ3) is 7.31. The molecule has 10 heteroatoms. The first-order valence-electron chi connectivity index (χ1n) is 10.9. The van der Waals surface area contributed by atoms with Crippen molar-refractivity contribution in [2.45, 2.75) is 64.7 Å². The standard InChI is InChI=1S/C23H33N5O5/c1-12(2)9-17(24)22(31)27-13(3)20(29)26-14(4)21(30)28-19(23(32)33)10-15-11-25-18-8-6-5-7-16(15)18/h5-8,11-14,17,19,25H,9-10,24H2,1-4H3,(H,26,29)(H,27,31)(H,28,30)(H,32,33). The topological polar surface area (TPSA) is 166 Å². The number of hydrogen-bond donors (Lipinski definition) is 6. The van der Waals surface area contributed by atoms with E-state index in [2.05, 4.69) is 20.9 Å². The number of carboxylic acid groups (broad SMARTS) is 1. The van der Waals surface area contributed by atoms with E-state index in [9.17, 15) is 24.3 Å². The molecule has 2 aromatic rings. The minimum absolute atomic E-state index is 0.0754. The van der Waals surface area contributed by atoms with Crippen molar-refractivity contribution in [2.24, 2.45) is 11.7 Å². The van der Waals surface area contributed by atoms with Gasteiger partial charge in [0.2, 0.25) is 17.7 Å².